The van der Waals surface area contributed by atoms with E-state index in [-0.39, 0.29) is 0 Å². The van der Waals surface area contributed by atoms with E-state index >= 15 is 0 Å². The molecule has 0 nitrogen and oxygen atoms in total. The SMILES string of the molecule is C#CC(C)C(C)C. The second-order valence-corrected chi connectivity index (χ2v) is 2.20. The van der Waals surface area contributed by atoms with E-state index in [0.717, 1.165) is 0 Å². The third-order valence-corrected chi connectivity index (χ3v) is 1.26. The van der Waals surface area contributed by atoms with Crippen LogP contribution in [0.15, 0.2) is 0 Å². The summed E-state index contributed by atoms with van der Waals surface area (Å²) in [4.78, 5) is 0. The van der Waals surface area contributed by atoms with E-state index in [4.69, 9.17) is 6.42 Å². The van der Waals surface area contributed by atoms with Crippen molar-refractivity contribution in [1.82, 2.24) is 0 Å². The Morgan fingerprint density at radius 2 is 1.71 bits per heavy atom. The van der Waals surface area contributed by atoms with Gasteiger partial charge in [0.2, 0.25) is 0 Å². The molecule has 0 fully saturated rings. The first-order valence-corrected chi connectivity index (χ1v) is 2.64. The van der Waals surface area contributed by atoms with Crippen molar-refractivity contribution in [3.8, 4) is 12.3 Å². The zero-order valence-corrected chi connectivity index (χ0v) is 5.23. The monoisotopic (exact) mass is 96.1 g/mol. The minimum absolute atomic E-state index is 0.431. The van der Waals surface area contributed by atoms with Gasteiger partial charge in [-0.3, -0.25) is 0 Å². The quantitative estimate of drug-likeness (QED) is 0.437. The van der Waals surface area contributed by atoms with Crippen molar-refractivity contribution in [1.29, 1.82) is 0 Å². The van der Waals surface area contributed by atoms with E-state index in [1.54, 1.807) is 0 Å². The normalized spacial score (nSPS) is 13.6. The Labute approximate surface area is 45.9 Å². The average molecular weight is 96.2 g/mol. The Bertz CT molecular complexity index is 74.5. The van der Waals surface area contributed by atoms with Crippen molar-refractivity contribution in [3.63, 3.8) is 0 Å². The van der Waals surface area contributed by atoms with E-state index in [0.29, 0.717) is 11.8 Å². The van der Waals surface area contributed by atoms with E-state index in [1.807, 2.05) is 0 Å². The molecule has 0 bridgehead atoms. The van der Waals surface area contributed by atoms with Gasteiger partial charge < -0.3 is 0 Å². The molecule has 1 atom stereocenters. The molecule has 1 unspecified atom stereocenters. The van der Waals surface area contributed by atoms with Gasteiger partial charge >= 0.3 is 0 Å². The Morgan fingerprint density at radius 1 is 1.29 bits per heavy atom. The molecule has 0 N–H and O–H groups in total. The van der Waals surface area contributed by atoms with Crippen LogP contribution in [-0.4, -0.2) is 0 Å². The fraction of sp³-hybridized carbons (Fsp3) is 0.714. The van der Waals surface area contributed by atoms with Gasteiger partial charge in [-0.1, -0.05) is 20.8 Å². The molecule has 7 heavy (non-hydrogen) atoms. The zero-order valence-electron chi connectivity index (χ0n) is 5.23. The Balaban J connectivity index is 3.40. The van der Waals surface area contributed by atoms with Gasteiger partial charge in [-0.15, -0.1) is 12.3 Å². The molecular formula is C7H12. The van der Waals surface area contributed by atoms with Crippen LogP contribution in [0.1, 0.15) is 20.8 Å². The lowest BCUT2D eigenvalue weighted by atomic mass is 10.00. The summed E-state index contributed by atoms with van der Waals surface area (Å²) >= 11 is 0. The van der Waals surface area contributed by atoms with Crippen LogP contribution in [0.25, 0.3) is 0 Å². The van der Waals surface area contributed by atoms with Crippen molar-refractivity contribution in [2.45, 2.75) is 20.8 Å². The molecule has 0 aliphatic carbocycles. The third-order valence-electron chi connectivity index (χ3n) is 1.26. The Hall–Kier alpha value is -0.440. The van der Waals surface area contributed by atoms with Crippen LogP contribution >= 0.6 is 0 Å². The Morgan fingerprint density at radius 3 is 1.71 bits per heavy atom. The van der Waals surface area contributed by atoms with Gasteiger partial charge in [-0.2, -0.15) is 0 Å². The van der Waals surface area contributed by atoms with E-state index in [1.165, 1.54) is 0 Å². The molecule has 0 heterocycles. The van der Waals surface area contributed by atoms with Gasteiger partial charge in [0.15, 0.2) is 0 Å². The van der Waals surface area contributed by atoms with Gasteiger partial charge in [0.1, 0.15) is 0 Å². The molecule has 0 aromatic carbocycles. The van der Waals surface area contributed by atoms with Gasteiger partial charge in [0.05, 0.1) is 0 Å². The van der Waals surface area contributed by atoms with E-state index in [2.05, 4.69) is 26.7 Å². The van der Waals surface area contributed by atoms with E-state index in [9.17, 15) is 0 Å². The summed E-state index contributed by atoms with van der Waals surface area (Å²) in [5.41, 5.74) is 0. The molecule has 0 rings (SSSR count). The molecule has 0 aromatic heterocycles. The third kappa shape index (κ3) is 2.28. The average Bonchev–Trinajstić information content (AvgIpc) is 1.65. The van der Waals surface area contributed by atoms with Gasteiger partial charge in [0.25, 0.3) is 0 Å². The summed E-state index contributed by atoms with van der Waals surface area (Å²) < 4.78 is 0. The van der Waals surface area contributed by atoms with Crippen LogP contribution in [0.4, 0.5) is 0 Å². The molecule has 0 spiro atoms. The maximum absolute atomic E-state index is 5.12. The van der Waals surface area contributed by atoms with Crippen LogP contribution in [0.2, 0.25) is 0 Å². The lowest BCUT2D eigenvalue weighted by Gasteiger charge is -2.04. The molecular weight excluding hydrogens is 84.1 g/mol. The van der Waals surface area contributed by atoms with Crippen molar-refractivity contribution in [3.05, 3.63) is 0 Å². The predicted molar refractivity (Wildman–Crippen MR) is 32.8 cm³/mol. The summed E-state index contributed by atoms with van der Waals surface area (Å²) in [7, 11) is 0. The molecule has 0 heteroatoms. The summed E-state index contributed by atoms with van der Waals surface area (Å²) in [6.45, 7) is 6.32. The molecule has 0 amide bonds. The fourth-order valence-corrected chi connectivity index (χ4v) is 0.192. The van der Waals surface area contributed by atoms with E-state index < -0.39 is 0 Å². The van der Waals surface area contributed by atoms with Crippen molar-refractivity contribution in [2.24, 2.45) is 11.8 Å². The smallest absolute Gasteiger partial charge is 0.0194 e. The maximum Gasteiger partial charge on any atom is 0.0194 e. The van der Waals surface area contributed by atoms with Crippen LogP contribution in [0.5, 0.6) is 0 Å². The lowest BCUT2D eigenvalue weighted by Crippen LogP contribution is -1.98. The Kier molecular flexibility index (Phi) is 2.52. The van der Waals surface area contributed by atoms with Gasteiger partial charge in [-0.05, 0) is 5.92 Å². The fourth-order valence-electron chi connectivity index (χ4n) is 0.192. The standard InChI is InChI=1S/C7H12/c1-5-7(4)6(2)3/h1,6-7H,2-4H3. The molecule has 40 valence electrons. The van der Waals surface area contributed by atoms with Crippen LogP contribution in [0.3, 0.4) is 0 Å². The largest absolute Gasteiger partial charge is 0.120 e. The molecule has 0 radical (unpaired) electrons. The summed E-state index contributed by atoms with van der Waals surface area (Å²) in [6.07, 6.45) is 5.12. The predicted octanol–water partition coefficient (Wildman–Crippen LogP) is 1.91. The van der Waals surface area contributed by atoms with Crippen molar-refractivity contribution >= 4 is 0 Å². The van der Waals surface area contributed by atoms with Crippen molar-refractivity contribution in [2.75, 3.05) is 0 Å². The summed E-state index contributed by atoms with van der Waals surface area (Å²) in [5.74, 6) is 3.72. The summed E-state index contributed by atoms with van der Waals surface area (Å²) in [5, 5.41) is 0. The molecule has 0 aromatic rings. The zero-order chi connectivity index (χ0) is 5.86. The van der Waals surface area contributed by atoms with Gasteiger partial charge in [0, 0.05) is 5.92 Å². The maximum atomic E-state index is 5.12. The van der Waals surface area contributed by atoms with Gasteiger partial charge in [-0.25, -0.2) is 0 Å². The van der Waals surface area contributed by atoms with Crippen LogP contribution in [0, 0.1) is 24.2 Å². The summed E-state index contributed by atoms with van der Waals surface area (Å²) in [6, 6.07) is 0. The highest BCUT2D eigenvalue weighted by molar-refractivity contribution is 4.91. The highest BCUT2D eigenvalue weighted by atomic mass is 14.0. The first kappa shape index (κ1) is 6.56. The second-order valence-electron chi connectivity index (χ2n) is 2.20. The number of rotatable bonds is 1. The van der Waals surface area contributed by atoms with Crippen molar-refractivity contribution < 1.29 is 0 Å². The van der Waals surface area contributed by atoms with Crippen LogP contribution < -0.4 is 0 Å². The molecule has 0 saturated carbocycles. The molecule has 0 aliphatic heterocycles. The lowest BCUT2D eigenvalue weighted by molar-refractivity contribution is 0.520. The topological polar surface area (TPSA) is 0 Å². The minimum Gasteiger partial charge on any atom is -0.120 e. The highest BCUT2D eigenvalue weighted by Crippen LogP contribution is 2.05. The van der Waals surface area contributed by atoms with Crippen LogP contribution in [-0.2, 0) is 0 Å². The number of hydrogen-bond acceptors (Lipinski definition) is 0. The first-order valence-electron chi connectivity index (χ1n) is 2.64. The number of hydrogen-bond donors (Lipinski definition) is 0. The number of terminal acetylenes is 1. The molecule has 0 aliphatic rings. The minimum atomic E-state index is 0.431. The first-order chi connectivity index (χ1) is 3.18. The molecule has 0 saturated heterocycles. The second kappa shape index (κ2) is 2.69. The highest BCUT2D eigenvalue weighted by Gasteiger charge is 1.99.